The number of carbonyl (C=O) groups is 1. The van der Waals surface area contributed by atoms with Crippen LogP contribution >= 0.6 is 0 Å². The van der Waals surface area contributed by atoms with Crippen molar-refractivity contribution in [2.24, 2.45) is 0 Å². The fourth-order valence-electron chi connectivity index (χ4n) is 2.53. The molecule has 0 unspecified atom stereocenters. The van der Waals surface area contributed by atoms with Crippen LogP contribution in [-0.4, -0.2) is 25.6 Å². The molecule has 2 rings (SSSR count). The third kappa shape index (κ3) is 5.49. The third-order valence-electron chi connectivity index (χ3n) is 3.78. The molecule has 0 atom stereocenters. The van der Waals surface area contributed by atoms with Gasteiger partial charge in [0.25, 0.3) is 0 Å². The number of aryl methyl sites for hydroxylation is 1. The summed E-state index contributed by atoms with van der Waals surface area (Å²) >= 11 is 0. The van der Waals surface area contributed by atoms with Crippen molar-refractivity contribution < 1.29 is 13.9 Å². The van der Waals surface area contributed by atoms with Gasteiger partial charge in [-0.3, -0.25) is 4.79 Å². The molecule has 2 aromatic rings. The Bertz CT molecular complexity index is 787. The maximum Gasteiger partial charge on any atom is 0.220 e. The van der Waals surface area contributed by atoms with Crippen LogP contribution in [0.5, 0.6) is 5.75 Å². The molecule has 0 aliphatic rings. The summed E-state index contributed by atoms with van der Waals surface area (Å²) in [5, 5.41) is 14.7. The van der Waals surface area contributed by atoms with Crippen molar-refractivity contribution >= 4 is 11.6 Å². The molecule has 0 aliphatic heterocycles. The van der Waals surface area contributed by atoms with E-state index in [4.69, 9.17) is 10.00 Å². The largest absolute Gasteiger partial charge is 0.494 e. The monoisotopic (exact) mass is 355 g/mol. The van der Waals surface area contributed by atoms with Gasteiger partial charge in [0.05, 0.1) is 12.3 Å². The first kappa shape index (κ1) is 19.3. The molecule has 1 amide bonds. The molecule has 0 bridgehead atoms. The highest BCUT2D eigenvalue weighted by molar-refractivity contribution is 5.76. The van der Waals surface area contributed by atoms with E-state index in [-0.39, 0.29) is 11.5 Å². The minimum atomic E-state index is -0.561. The number of hydrogen-bond donors (Lipinski definition) is 2. The first-order valence-electron chi connectivity index (χ1n) is 8.55. The number of nitriles is 1. The average Bonchev–Trinajstić information content (AvgIpc) is 2.65. The van der Waals surface area contributed by atoms with Gasteiger partial charge in [0.15, 0.2) is 0 Å². The lowest BCUT2D eigenvalue weighted by Crippen LogP contribution is -2.29. The average molecular weight is 355 g/mol. The van der Waals surface area contributed by atoms with Crippen LogP contribution in [0, 0.1) is 17.1 Å². The molecule has 0 spiro atoms. The number of nitrogens with one attached hydrogen (secondary N) is 2. The minimum absolute atomic E-state index is 0.0219. The Morgan fingerprint density at radius 2 is 2.00 bits per heavy atom. The van der Waals surface area contributed by atoms with Crippen molar-refractivity contribution in [3.63, 3.8) is 0 Å². The summed E-state index contributed by atoms with van der Waals surface area (Å²) in [6.07, 6.45) is 0.950. The van der Waals surface area contributed by atoms with Crippen LogP contribution in [0.4, 0.5) is 10.1 Å². The number of carbonyl (C=O) groups excluding carboxylic acids is 1. The van der Waals surface area contributed by atoms with Crippen LogP contribution in [0.2, 0.25) is 0 Å². The molecule has 0 fully saturated rings. The molecule has 136 valence electrons. The van der Waals surface area contributed by atoms with Crippen molar-refractivity contribution in [2.75, 3.05) is 25.0 Å². The predicted molar refractivity (Wildman–Crippen MR) is 98.5 cm³/mol. The molecule has 0 saturated heterocycles. The molecule has 2 N–H and O–H groups in total. The number of para-hydroxylation sites is 1. The highest BCUT2D eigenvalue weighted by atomic mass is 19.1. The Kier molecular flexibility index (Phi) is 7.44. The number of halogens is 1. The van der Waals surface area contributed by atoms with E-state index in [1.54, 1.807) is 6.07 Å². The first-order chi connectivity index (χ1) is 12.7. The molecule has 26 heavy (non-hydrogen) atoms. The lowest BCUT2D eigenvalue weighted by Gasteiger charge is -2.11. The molecule has 5 nitrogen and oxygen atoms in total. The Balaban J connectivity index is 1.75. The Hall–Kier alpha value is -3.07. The molecule has 6 heteroatoms. The lowest BCUT2D eigenvalue weighted by atomic mass is 10.1. The fourth-order valence-corrected chi connectivity index (χ4v) is 2.53. The van der Waals surface area contributed by atoms with Gasteiger partial charge in [-0.25, -0.2) is 4.39 Å². The fraction of sp³-hybridized carbons (Fsp3) is 0.300. The quantitative estimate of drug-likeness (QED) is 0.677. The maximum atomic E-state index is 13.5. The molecular formula is C20H22FN3O2. The standard InChI is InChI=1S/C20H22FN3O2/c1-2-26-19-9-4-3-6-15(19)10-11-20(25)24-13-12-23-18-8-5-7-17(21)16(18)14-22/h3-9,23H,2,10-13H2,1H3,(H,24,25). The predicted octanol–water partition coefficient (Wildman–Crippen LogP) is 3.26. The van der Waals surface area contributed by atoms with Crippen molar-refractivity contribution in [2.45, 2.75) is 19.8 Å². The molecule has 0 aliphatic carbocycles. The van der Waals surface area contributed by atoms with Gasteiger partial charge in [0, 0.05) is 19.5 Å². The van der Waals surface area contributed by atoms with Gasteiger partial charge < -0.3 is 15.4 Å². The highest BCUT2D eigenvalue weighted by Gasteiger charge is 2.08. The van der Waals surface area contributed by atoms with Crippen LogP contribution in [0.1, 0.15) is 24.5 Å². The zero-order chi connectivity index (χ0) is 18.8. The van der Waals surface area contributed by atoms with E-state index in [9.17, 15) is 9.18 Å². The Morgan fingerprint density at radius 3 is 2.77 bits per heavy atom. The van der Waals surface area contributed by atoms with Crippen molar-refractivity contribution in [3.8, 4) is 11.8 Å². The highest BCUT2D eigenvalue weighted by Crippen LogP contribution is 2.19. The Labute approximate surface area is 152 Å². The van der Waals surface area contributed by atoms with Gasteiger partial charge in [0.1, 0.15) is 23.2 Å². The number of rotatable bonds is 9. The number of anilines is 1. The van der Waals surface area contributed by atoms with E-state index in [1.807, 2.05) is 37.3 Å². The zero-order valence-electron chi connectivity index (χ0n) is 14.7. The lowest BCUT2D eigenvalue weighted by molar-refractivity contribution is -0.120. The van der Waals surface area contributed by atoms with Gasteiger partial charge >= 0.3 is 0 Å². The summed E-state index contributed by atoms with van der Waals surface area (Å²) in [6.45, 7) is 3.29. The number of nitrogens with zero attached hydrogens (tertiary/aromatic N) is 1. The second kappa shape index (κ2) is 10.0. The van der Waals surface area contributed by atoms with Crippen LogP contribution in [-0.2, 0) is 11.2 Å². The van der Waals surface area contributed by atoms with Crippen LogP contribution in [0.15, 0.2) is 42.5 Å². The second-order valence-electron chi connectivity index (χ2n) is 5.59. The van der Waals surface area contributed by atoms with Crippen molar-refractivity contribution in [1.29, 1.82) is 5.26 Å². The van der Waals surface area contributed by atoms with Gasteiger partial charge in [0.2, 0.25) is 5.91 Å². The molecule has 0 aromatic heterocycles. The molecule has 0 saturated carbocycles. The summed E-state index contributed by atoms with van der Waals surface area (Å²) < 4.78 is 19.0. The van der Waals surface area contributed by atoms with Gasteiger partial charge in [-0.15, -0.1) is 0 Å². The topological polar surface area (TPSA) is 74.2 Å². The van der Waals surface area contributed by atoms with E-state index in [0.717, 1.165) is 11.3 Å². The Morgan fingerprint density at radius 1 is 1.19 bits per heavy atom. The third-order valence-corrected chi connectivity index (χ3v) is 3.78. The number of ether oxygens (including phenoxy) is 1. The summed E-state index contributed by atoms with van der Waals surface area (Å²) in [7, 11) is 0. The SMILES string of the molecule is CCOc1ccccc1CCC(=O)NCCNc1cccc(F)c1C#N. The van der Waals surface area contributed by atoms with Crippen molar-refractivity contribution in [1.82, 2.24) is 5.32 Å². The number of hydrogen-bond acceptors (Lipinski definition) is 4. The van der Waals surface area contributed by atoms with E-state index < -0.39 is 5.82 Å². The normalized spacial score (nSPS) is 10.0. The first-order valence-corrected chi connectivity index (χ1v) is 8.55. The summed E-state index contributed by atoms with van der Waals surface area (Å²) in [5.41, 5.74) is 1.40. The summed E-state index contributed by atoms with van der Waals surface area (Å²) in [4.78, 5) is 12.0. The molecular weight excluding hydrogens is 333 g/mol. The van der Waals surface area contributed by atoms with E-state index >= 15 is 0 Å². The zero-order valence-corrected chi connectivity index (χ0v) is 14.7. The van der Waals surface area contributed by atoms with Crippen LogP contribution < -0.4 is 15.4 Å². The number of benzene rings is 2. The molecule has 2 aromatic carbocycles. The smallest absolute Gasteiger partial charge is 0.220 e. The molecule has 0 heterocycles. The van der Waals surface area contributed by atoms with Crippen LogP contribution in [0.25, 0.3) is 0 Å². The van der Waals surface area contributed by atoms with E-state index in [0.29, 0.717) is 38.2 Å². The summed E-state index contributed by atoms with van der Waals surface area (Å²) in [6, 6.07) is 13.9. The van der Waals surface area contributed by atoms with E-state index in [2.05, 4.69) is 10.6 Å². The summed E-state index contributed by atoms with van der Waals surface area (Å²) in [5.74, 6) is 0.173. The van der Waals surface area contributed by atoms with Crippen LogP contribution in [0.3, 0.4) is 0 Å². The van der Waals surface area contributed by atoms with Gasteiger partial charge in [-0.1, -0.05) is 24.3 Å². The minimum Gasteiger partial charge on any atom is -0.494 e. The van der Waals surface area contributed by atoms with Gasteiger partial charge in [-0.2, -0.15) is 5.26 Å². The van der Waals surface area contributed by atoms with Crippen molar-refractivity contribution in [3.05, 3.63) is 59.4 Å². The molecule has 0 radical (unpaired) electrons. The van der Waals surface area contributed by atoms with Gasteiger partial charge in [-0.05, 0) is 37.1 Å². The van der Waals surface area contributed by atoms with E-state index in [1.165, 1.54) is 12.1 Å². The number of amides is 1. The second-order valence-corrected chi connectivity index (χ2v) is 5.59. The maximum absolute atomic E-state index is 13.5.